The van der Waals surface area contributed by atoms with Gasteiger partial charge in [-0.15, -0.1) is 11.3 Å². The summed E-state index contributed by atoms with van der Waals surface area (Å²) in [4.78, 5) is 26.9. The van der Waals surface area contributed by atoms with Crippen molar-refractivity contribution in [2.75, 3.05) is 11.9 Å². The Balaban J connectivity index is 1.95. The molecule has 0 saturated heterocycles. The molecule has 1 N–H and O–H groups in total. The fraction of sp³-hybridized carbons (Fsp3) is 0.455. The van der Waals surface area contributed by atoms with Crippen molar-refractivity contribution in [2.24, 2.45) is 5.92 Å². The van der Waals surface area contributed by atoms with Gasteiger partial charge >= 0.3 is 5.97 Å². The number of carbonyl (C=O) groups is 2. The maximum Gasteiger partial charge on any atom is 0.341 e. The number of nitrogens with one attached hydrogen (secondary N) is 1. The van der Waals surface area contributed by atoms with Crippen LogP contribution in [0.2, 0.25) is 0 Å². The number of hydrogen-bond donors (Lipinski definition) is 1. The molecule has 28 heavy (non-hydrogen) atoms. The zero-order valence-corrected chi connectivity index (χ0v) is 17.7. The Labute approximate surface area is 170 Å². The molecule has 0 radical (unpaired) electrons. The Morgan fingerprint density at radius 2 is 2.04 bits per heavy atom. The van der Waals surface area contributed by atoms with Gasteiger partial charge < -0.3 is 14.8 Å². The molecule has 0 saturated carbocycles. The van der Waals surface area contributed by atoms with Crippen LogP contribution in [0.5, 0.6) is 5.75 Å². The highest BCUT2D eigenvalue weighted by Gasteiger charge is 2.30. The third-order valence-electron chi connectivity index (χ3n) is 4.72. The summed E-state index contributed by atoms with van der Waals surface area (Å²) < 4.78 is 11.0. The van der Waals surface area contributed by atoms with Gasteiger partial charge in [0.1, 0.15) is 10.8 Å². The third kappa shape index (κ3) is 4.38. The molecule has 0 fully saturated rings. The number of thiophene rings is 1. The summed E-state index contributed by atoms with van der Waals surface area (Å²) in [5, 5.41) is 3.52. The zero-order chi connectivity index (χ0) is 20.3. The van der Waals surface area contributed by atoms with Crippen molar-refractivity contribution in [1.82, 2.24) is 0 Å². The first kappa shape index (κ1) is 20.4. The van der Waals surface area contributed by atoms with Crippen LogP contribution in [0, 0.1) is 5.92 Å². The van der Waals surface area contributed by atoms with Crippen molar-refractivity contribution >= 4 is 28.2 Å². The number of esters is 1. The minimum atomic E-state index is -0.365. The topological polar surface area (TPSA) is 64.6 Å². The summed E-state index contributed by atoms with van der Waals surface area (Å²) in [5.41, 5.74) is 2.00. The second kappa shape index (κ2) is 8.78. The van der Waals surface area contributed by atoms with Crippen molar-refractivity contribution in [2.45, 2.75) is 53.1 Å². The van der Waals surface area contributed by atoms with E-state index in [4.69, 9.17) is 9.47 Å². The molecule has 2 aromatic rings. The lowest BCUT2D eigenvalue weighted by molar-refractivity contribution is 0.0378. The second-order valence-corrected chi connectivity index (χ2v) is 8.50. The van der Waals surface area contributed by atoms with E-state index in [2.05, 4.69) is 12.2 Å². The summed E-state index contributed by atoms with van der Waals surface area (Å²) in [7, 11) is 0. The van der Waals surface area contributed by atoms with Crippen LogP contribution in [-0.4, -0.2) is 24.6 Å². The summed E-state index contributed by atoms with van der Waals surface area (Å²) in [6.45, 7) is 8.22. The molecule has 6 heteroatoms. The van der Waals surface area contributed by atoms with E-state index < -0.39 is 0 Å². The SMILES string of the molecule is CCOc1ccccc1C(=O)Nc1sc2c(c1C(=O)OC(C)C)CC[C@H](C)C2. The van der Waals surface area contributed by atoms with Crippen LogP contribution in [0.25, 0.3) is 0 Å². The zero-order valence-electron chi connectivity index (χ0n) is 16.8. The maximum atomic E-state index is 12.9. The molecular weight excluding hydrogens is 374 g/mol. The van der Waals surface area contributed by atoms with Crippen LogP contribution >= 0.6 is 11.3 Å². The average Bonchev–Trinajstić information content (AvgIpc) is 2.98. The molecule has 0 spiro atoms. The number of carbonyl (C=O) groups excluding carboxylic acids is 2. The van der Waals surface area contributed by atoms with E-state index in [1.807, 2.05) is 26.8 Å². The highest BCUT2D eigenvalue weighted by molar-refractivity contribution is 7.17. The highest BCUT2D eigenvalue weighted by Crippen LogP contribution is 2.40. The highest BCUT2D eigenvalue weighted by atomic mass is 32.1. The van der Waals surface area contributed by atoms with Crippen LogP contribution in [0.3, 0.4) is 0 Å². The average molecular weight is 402 g/mol. The molecular formula is C22H27NO4S. The fourth-order valence-corrected chi connectivity index (χ4v) is 4.83. The smallest absolute Gasteiger partial charge is 0.341 e. The normalized spacial score (nSPS) is 15.8. The van der Waals surface area contributed by atoms with Crippen molar-refractivity contribution in [3.63, 3.8) is 0 Å². The Morgan fingerprint density at radius 1 is 1.29 bits per heavy atom. The Morgan fingerprint density at radius 3 is 2.75 bits per heavy atom. The van der Waals surface area contributed by atoms with E-state index in [9.17, 15) is 9.59 Å². The molecule has 1 amide bonds. The Kier molecular flexibility index (Phi) is 6.39. The fourth-order valence-electron chi connectivity index (χ4n) is 3.43. The number of benzene rings is 1. The number of ether oxygens (including phenoxy) is 2. The van der Waals surface area contributed by atoms with Crippen LogP contribution in [0.1, 0.15) is 65.3 Å². The molecule has 1 aliphatic rings. The number of para-hydroxylation sites is 1. The summed E-state index contributed by atoms with van der Waals surface area (Å²) in [6, 6.07) is 7.13. The van der Waals surface area contributed by atoms with E-state index in [1.54, 1.807) is 18.2 Å². The maximum absolute atomic E-state index is 12.9. The quantitative estimate of drug-likeness (QED) is 0.685. The van der Waals surface area contributed by atoms with Gasteiger partial charge in [-0.05, 0) is 63.6 Å². The van der Waals surface area contributed by atoms with Crippen molar-refractivity contribution in [3.05, 3.63) is 45.8 Å². The minimum Gasteiger partial charge on any atom is -0.493 e. The van der Waals surface area contributed by atoms with Gasteiger partial charge in [0.2, 0.25) is 0 Å². The van der Waals surface area contributed by atoms with Crippen LogP contribution in [0.15, 0.2) is 24.3 Å². The van der Waals surface area contributed by atoms with Crippen LogP contribution < -0.4 is 10.1 Å². The number of rotatable bonds is 6. The van der Waals surface area contributed by atoms with E-state index >= 15 is 0 Å². The van der Waals surface area contributed by atoms with Gasteiger partial charge in [-0.3, -0.25) is 4.79 Å². The van der Waals surface area contributed by atoms with Gasteiger partial charge in [0.15, 0.2) is 0 Å². The van der Waals surface area contributed by atoms with Crippen LogP contribution in [-0.2, 0) is 17.6 Å². The third-order valence-corrected chi connectivity index (χ3v) is 5.89. The van der Waals surface area contributed by atoms with E-state index in [0.717, 1.165) is 24.8 Å². The summed E-state index contributed by atoms with van der Waals surface area (Å²) in [5.74, 6) is 0.454. The molecule has 1 heterocycles. The molecule has 0 unspecified atom stereocenters. The standard InChI is InChI=1S/C22H27NO4S/c1-5-26-17-9-7-6-8-15(17)20(24)23-21-19(22(25)27-13(2)3)16-11-10-14(4)12-18(16)28-21/h6-9,13-14H,5,10-12H2,1-4H3,(H,23,24)/t14-/m0/s1. The molecule has 1 aliphatic carbocycles. The molecule has 150 valence electrons. The molecule has 1 aromatic carbocycles. The van der Waals surface area contributed by atoms with E-state index in [1.165, 1.54) is 16.2 Å². The summed E-state index contributed by atoms with van der Waals surface area (Å²) >= 11 is 1.49. The number of anilines is 1. The largest absolute Gasteiger partial charge is 0.493 e. The van der Waals surface area contributed by atoms with Crippen molar-refractivity contribution < 1.29 is 19.1 Å². The lowest BCUT2D eigenvalue weighted by Crippen LogP contribution is -2.19. The van der Waals surface area contributed by atoms with Gasteiger partial charge in [0.25, 0.3) is 5.91 Å². The minimum absolute atomic E-state index is 0.215. The lowest BCUT2D eigenvalue weighted by atomic mass is 9.88. The first-order valence-electron chi connectivity index (χ1n) is 9.79. The number of amides is 1. The van der Waals surface area contributed by atoms with E-state index in [-0.39, 0.29) is 18.0 Å². The summed E-state index contributed by atoms with van der Waals surface area (Å²) in [6.07, 6.45) is 2.58. The molecule has 0 bridgehead atoms. The molecule has 1 atom stereocenters. The predicted molar refractivity (Wildman–Crippen MR) is 112 cm³/mol. The lowest BCUT2D eigenvalue weighted by Gasteiger charge is -2.19. The van der Waals surface area contributed by atoms with Gasteiger partial charge in [0, 0.05) is 4.88 Å². The van der Waals surface area contributed by atoms with Crippen molar-refractivity contribution in [1.29, 1.82) is 0 Å². The van der Waals surface area contributed by atoms with Crippen molar-refractivity contribution in [3.8, 4) is 5.75 Å². The molecule has 5 nitrogen and oxygen atoms in total. The molecule has 0 aliphatic heterocycles. The van der Waals surface area contributed by atoms with Gasteiger partial charge in [-0.2, -0.15) is 0 Å². The Bertz CT molecular complexity index is 871. The van der Waals surface area contributed by atoms with Crippen LogP contribution in [0.4, 0.5) is 5.00 Å². The second-order valence-electron chi connectivity index (χ2n) is 7.39. The van der Waals surface area contributed by atoms with Gasteiger partial charge in [-0.25, -0.2) is 4.79 Å². The molecule has 3 rings (SSSR count). The number of hydrogen-bond acceptors (Lipinski definition) is 5. The van der Waals surface area contributed by atoms with Gasteiger partial charge in [0.05, 0.1) is 23.8 Å². The van der Waals surface area contributed by atoms with Gasteiger partial charge in [-0.1, -0.05) is 19.1 Å². The van der Waals surface area contributed by atoms with E-state index in [0.29, 0.717) is 34.4 Å². The monoisotopic (exact) mass is 401 g/mol. The number of fused-ring (bicyclic) bond motifs is 1. The first-order chi connectivity index (χ1) is 13.4. The Hall–Kier alpha value is -2.34. The molecule has 1 aromatic heterocycles. The first-order valence-corrected chi connectivity index (χ1v) is 10.6. The predicted octanol–water partition coefficient (Wildman–Crippen LogP) is 5.09.